The summed E-state index contributed by atoms with van der Waals surface area (Å²) in [4.78, 5) is 0. The van der Waals surface area contributed by atoms with Crippen LogP contribution in [0.1, 0.15) is 12.8 Å². The minimum absolute atomic E-state index is 0.112. The molecule has 1 aromatic rings. The molecule has 0 aromatic heterocycles. The van der Waals surface area contributed by atoms with E-state index in [0.29, 0.717) is 6.04 Å². The molecule has 70 valence electrons. The van der Waals surface area contributed by atoms with Crippen molar-refractivity contribution in [2.75, 3.05) is 11.1 Å². The number of hydrogen-bond acceptors (Lipinski definition) is 3. The molecule has 0 bridgehead atoms. The lowest BCUT2D eigenvalue weighted by atomic mass is 9.89. The molecule has 0 amide bonds. The van der Waals surface area contributed by atoms with Crippen LogP contribution in [0.25, 0.3) is 0 Å². The van der Waals surface area contributed by atoms with E-state index in [1.54, 1.807) is 0 Å². The van der Waals surface area contributed by atoms with Crippen LogP contribution in [0.3, 0.4) is 0 Å². The van der Waals surface area contributed by atoms with Crippen LogP contribution in [0.4, 0.5) is 11.4 Å². The molecule has 1 fully saturated rings. The molecular weight excluding hydrogens is 164 g/mol. The van der Waals surface area contributed by atoms with E-state index < -0.39 is 0 Å². The maximum absolute atomic E-state index is 9.09. The average molecular weight is 178 g/mol. The summed E-state index contributed by atoms with van der Waals surface area (Å²) < 4.78 is 0. The van der Waals surface area contributed by atoms with Crippen molar-refractivity contribution >= 4 is 11.4 Å². The van der Waals surface area contributed by atoms with Crippen LogP contribution in [-0.4, -0.2) is 17.3 Å². The Morgan fingerprint density at radius 2 is 2.15 bits per heavy atom. The number of nitrogen functional groups attached to an aromatic ring is 1. The molecule has 13 heavy (non-hydrogen) atoms. The maximum atomic E-state index is 9.09. The third-order valence-electron chi connectivity index (χ3n) is 2.37. The van der Waals surface area contributed by atoms with E-state index in [-0.39, 0.29) is 6.10 Å². The van der Waals surface area contributed by atoms with Gasteiger partial charge in [0.1, 0.15) is 0 Å². The van der Waals surface area contributed by atoms with Crippen molar-refractivity contribution in [2.24, 2.45) is 0 Å². The molecule has 1 aliphatic carbocycles. The summed E-state index contributed by atoms with van der Waals surface area (Å²) >= 11 is 0. The lowest BCUT2D eigenvalue weighted by Gasteiger charge is -2.32. The summed E-state index contributed by atoms with van der Waals surface area (Å²) in [5, 5.41) is 12.4. The van der Waals surface area contributed by atoms with E-state index in [1.165, 1.54) is 0 Å². The number of aliphatic hydroxyl groups is 1. The zero-order chi connectivity index (χ0) is 9.26. The van der Waals surface area contributed by atoms with Gasteiger partial charge in [0, 0.05) is 17.4 Å². The SMILES string of the molecule is Nc1cccc(NC2CC(O)C2)c1. The Balaban J connectivity index is 1.94. The first-order chi connectivity index (χ1) is 6.24. The van der Waals surface area contributed by atoms with Crippen LogP contribution >= 0.6 is 0 Å². The second-order valence-electron chi connectivity index (χ2n) is 3.59. The van der Waals surface area contributed by atoms with Crippen molar-refractivity contribution < 1.29 is 5.11 Å². The van der Waals surface area contributed by atoms with Gasteiger partial charge in [-0.2, -0.15) is 0 Å². The minimum Gasteiger partial charge on any atom is -0.399 e. The fourth-order valence-corrected chi connectivity index (χ4v) is 1.57. The number of aliphatic hydroxyl groups excluding tert-OH is 1. The van der Waals surface area contributed by atoms with Crippen LogP contribution < -0.4 is 11.1 Å². The van der Waals surface area contributed by atoms with Gasteiger partial charge in [0.2, 0.25) is 0 Å². The summed E-state index contributed by atoms with van der Waals surface area (Å²) in [6.07, 6.45) is 1.57. The lowest BCUT2D eigenvalue weighted by molar-refractivity contribution is 0.0836. The predicted molar refractivity (Wildman–Crippen MR) is 53.5 cm³/mol. The molecule has 0 heterocycles. The molecule has 0 unspecified atom stereocenters. The summed E-state index contributed by atoms with van der Waals surface area (Å²) in [5.74, 6) is 0. The molecule has 1 aliphatic rings. The molecule has 0 spiro atoms. The van der Waals surface area contributed by atoms with Gasteiger partial charge in [-0.3, -0.25) is 0 Å². The van der Waals surface area contributed by atoms with Gasteiger partial charge < -0.3 is 16.2 Å². The number of nitrogens with one attached hydrogen (secondary N) is 1. The third-order valence-corrected chi connectivity index (χ3v) is 2.37. The number of rotatable bonds is 2. The molecule has 0 radical (unpaired) electrons. The average Bonchev–Trinajstić information content (AvgIpc) is 2.01. The van der Waals surface area contributed by atoms with Crippen LogP contribution in [0.15, 0.2) is 24.3 Å². The zero-order valence-electron chi connectivity index (χ0n) is 7.40. The van der Waals surface area contributed by atoms with Gasteiger partial charge in [0.25, 0.3) is 0 Å². The molecule has 4 N–H and O–H groups in total. The van der Waals surface area contributed by atoms with E-state index >= 15 is 0 Å². The molecule has 3 nitrogen and oxygen atoms in total. The Morgan fingerprint density at radius 3 is 2.77 bits per heavy atom. The molecule has 3 heteroatoms. The van der Waals surface area contributed by atoms with Crippen molar-refractivity contribution in [2.45, 2.75) is 25.0 Å². The Morgan fingerprint density at radius 1 is 1.38 bits per heavy atom. The smallest absolute Gasteiger partial charge is 0.0579 e. The summed E-state index contributed by atoms with van der Waals surface area (Å²) in [6.45, 7) is 0. The van der Waals surface area contributed by atoms with E-state index in [1.807, 2.05) is 24.3 Å². The van der Waals surface area contributed by atoms with Gasteiger partial charge in [0.15, 0.2) is 0 Å². The van der Waals surface area contributed by atoms with Crippen LogP contribution in [-0.2, 0) is 0 Å². The highest BCUT2D eigenvalue weighted by atomic mass is 16.3. The fourth-order valence-electron chi connectivity index (χ4n) is 1.57. The molecule has 0 saturated heterocycles. The second-order valence-corrected chi connectivity index (χ2v) is 3.59. The zero-order valence-corrected chi connectivity index (χ0v) is 7.40. The Bertz CT molecular complexity index is 295. The van der Waals surface area contributed by atoms with Crippen molar-refractivity contribution in [3.63, 3.8) is 0 Å². The quantitative estimate of drug-likeness (QED) is 0.596. The summed E-state index contributed by atoms with van der Waals surface area (Å²) in [6, 6.07) is 8.09. The topological polar surface area (TPSA) is 58.3 Å². The lowest BCUT2D eigenvalue weighted by Crippen LogP contribution is -2.38. The summed E-state index contributed by atoms with van der Waals surface area (Å²) in [5.41, 5.74) is 7.44. The normalized spacial score (nSPS) is 26.5. The van der Waals surface area contributed by atoms with Gasteiger partial charge in [-0.05, 0) is 31.0 Å². The van der Waals surface area contributed by atoms with Crippen molar-refractivity contribution in [1.82, 2.24) is 0 Å². The highest BCUT2D eigenvalue weighted by Crippen LogP contribution is 2.24. The van der Waals surface area contributed by atoms with E-state index in [0.717, 1.165) is 24.2 Å². The minimum atomic E-state index is -0.112. The summed E-state index contributed by atoms with van der Waals surface area (Å²) in [7, 11) is 0. The number of nitrogens with two attached hydrogens (primary N) is 1. The third kappa shape index (κ3) is 1.92. The molecule has 1 saturated carbocycles. The molecule has 1 aromatic carbocycles. The van der Waals surface area contributed by atoms with Crippen LogP contribution in [0.5, 0.6) is 0 Å². The Labute approximate surface area is 77.6 Å². The standard InChI is InChI=1S/C10H14N2O/c11-7-2-1-3-8(4-7)12-9-5-10(13)6-9/h1-4,9-10,12-13H,5-6,11H2. The Kier molecular flexibility index (Phi) is 2.10. The maximum Gasteiger partial charge on any atom is 0.0579 e. The van der Waals surface area contributed by atoms with E-state index in [2.05, 4.69) is 5.32 Å². The molecular formula is C10H14N2O. The van der Waals surface area contributed by atoms with Crippen molar-refractivity contribution in [3.8, 4) is 0 Å². The largest absolute Gasteiger partial charge is 0.399 e. The first kappa shape index (κ1) is 8.38. The number of benzene rings is 1. The van der Waals surface area contributed by atoms with Crippen LogP contribution in [0.2, 0.25) is 0 Å². The fraction of sp³-hybridized carbons (Fsp3) is 0.400. The van der Waals surface area contributed by atoms with Crippen molar-refractivity contribution in [1.29, 1.82) is 0 Å². The van der Waals surface area contributed by atoms with Crippen LogP contribution in [0, 0.1) is 0 Å². The molecule has 0 atom stereocenters. The number of anilines is 2. The second kappa shape index (κ2) is 3.26. The van der Waals surface area contributed by atoms with Gasteiger partial charge >= 0.3 is 0 Å². The Hall–Kier alpha value is -1.22. The van der Waals surface area contributed by atoms with Gasteiger partial charge in [-0.1, -0.05) is 6.07 Å². The van der Waals surface area contributed by atoms with E-state index in [4.69, 9.17) is 10.8 Å². The van der Waals surface area contributed by atoms with Gasteiger partial charge in [0.05, 0.1) is 6.10 Å². The van der Waals surface area contributed by atoms with Gasteiger partial charge in [-0.25, -0.2) is 0 Å². The molecule has 0 aliphatic heterocycles. The predicted octanol–water partition coefficient (Wildman–Crippen LogP) is 1.20. The first-order valence-electron chi connectivity index (χ1n) is 4.54. The number of hydrogen-bond donors (Lipinski definition) is 3. The van der Waals surface area contributed by atoms with E-state index in [9.17, 15) is 0 Å². The monoisotopic (exact) mass is 178 g/mol. The molecule has 2 rings (SSSR count). The first-order valence-corrected chi connectivity index (χ1v) is 4.54. The van der Waals surface area contributed by atoms with Crippen molar-refractivity contribution in [3.05, 3.63) is 24.3 Å². The van der Waals surface area contributed by atoms with Gasteiger partial charge in [-0.15, -0.1) is 0 Å². The highest BCUT2D eigenvalue weighted by Gasteiger charge is 2.26. The highest BCUT2D eigenvalue weighted by molar-refractivity contribution is 5.54.